The number of H-pyrrole nitrogens is 1. The molecule has 1 aliphatic rings. The molecule has 0 unspecified atom stereocenters. The largest absolute Gasteiger partial charge is 0.390 e. The van der Waals surface area contributed by atoms with Crippen molar-refractivity contribution in [3.05, 3.63) is 47.9 Å². The topological polar surface area (TPSA) is 127 Å². The van der Waals surface area contributed by atoms with E-state index in [1.165, 1.54) is 6.33 Å². The van der Waals surface area contributed by atoms with Crippen molar-refractivity contribution in [2.24, 2.45) is 0 Å². The first kappa shape index (κ1) is 18.3. The van der Waals surface area contributed by atoms with E-state index in [0.717, 1.165) is 5.56 Å². The lowest BCUT2D eigenvalue weighted by Gasteiger charge is -2.20. The Labute approximate surface area is 161 Å². The number of amides is 1. The number of anilines is 1. The molecular formula is C19H22N6O3. The maximum absolute atomic E-state index is 13.0. The average Bonchev–Trinajstić information content (AvgIpc) is 3.27. The summed E-state index contributed by atoms with van der Waals surface area (Å²) in [6, 6.07) is 9.34. The summed E-state index contributed by atoms with van der Waals surface area (Å²) in [6.45, 7) is 0.449. The zero-order valence-electron chi connectivity index (χ0n) is 15.4. The lowest BCUT2D eigenvalue weighted by Crippen LogP contribution is -2.34. The van der Waals surface area contributed by atoms with Crippen LogP contribution in [-0.4, -0.2) is 66.5 Å². The molecule has 2 aromatic heterocycles. The van der Waals surface area contributed by atoms with E-state index in [1.807, 2.05) is 30.3 Å². The Morgan fingerprint density at radius 2 is 2.04 bits per heavy atom. The van der Waals surface area contributed by atoms with Gasteiger partial charge in [0.05, 0.1) is 23.6 Å². The number of carbonyl (C=O) groups excluding carboxylic acids is 1. The minimum absolute atomic E-state index is 0.240. The van der Waals surface area contributed by atoms with E-state index in [0.29, 0.717) is 36.2 Å². The number of nitrogens with one attached hydrogen (secondary N) is 2. The molecule has 0 spiro atoms. The van der Waals surface area contributed by atoms with Gasteiger partial charge in [-0.2, -0.15) is 5.10 Å². The zero-order chi connectivity index (χ0) is 19.7. The van der Waals surface area contributed by atoms with Crippen LogP contribution in [0, 0.1) is 0 Å². The molecule has 3 aromatic rings. The maximum atomic E-state index is 13.0. The first-order valence-electron chi connectivity index (χ1n) is 9.15. The van der Waals surface area contributed by atoms with Gasteiger partial charge in [-0.05, 0) is 18.4 Å². The van der Waals surface area contributed by atoms with E-state index in [9.17, 15) is 15.0 Å². The molecule has 1 saturated carbocycles. The number of nitrogens with zero attached hydrogens (tertiary/aromatic N) is 4. The van der Waals surface area contributed by atoms with Gasteiger partial charge in [0, 0.05) is 13.6 Å². The molecule has 9 heteroatoms. The molecule has 0 aliphatic heterocycles. The quantitative estimate of drug-likeness (QED) is 0.517. The van der Waals surface area contributed by atoms with Crippen molar-refractivity contribution < 1.29 is 15.0 Å². The maximum Gasteiger partial charge on any atom is 0.272 e. The highest BCUT2D eigenvalue weighted by molar-refractivity contribution is 6.07. The van der Waals surface area contributed by atoms with Crippen molar-refractivity contribution in [3.8, 4) is 0 Å². The lowest BCUT2D eigenvalue weighted by molar-refractivity contribution is 0.0392. The highest BCUT2D eigenvalue weighted by Gasteiger charge is 2.34. The van der Waals surface area contributed by atoms with Gasteiger partial charge in [0.2, 0.25) is 0 Å². The summed E-state index contributed by atoms with van der Waals surface area (Å²) in [4.78, 5) is 23.0. The van der Waals surface area contributed by atoms with Crippen LogP contribution in [0.25, 0.3) is 11.0 Å². The van der Waals surface area contributed by atoms with Crippen LogP contribution in [-0.2, 0) is 6.54 Å². The molecule has 3 atom stereocenters. The molecule has 4 rings (SSSR count). The normalized spacial score (nSPS) is 21.8. The van der Waals surface area contributed by atoms with Gasteiger partial charge in [0.1, 0.15) is 17.8 Å². The van der Waals surface area contributed by atoms with Gasteiger partial charge < -0.3 is 20.4 Å². The Hall–Kier alpha value is -3.04. The fourth-order valence-corrected chi connectivity index (χ4v) is 3.53. The molecule has 0 saturated heterocycles. The van der Waals surface area contributed by atoms with Crippen molar-refractivity contribution in [2.45, 2.75) is 37.6 Å². The van der Waals surface area contributed by atoms with E-state index in [2.05, 4.69) is 25.5 Å². The number of aromatic nitrogens is 4. The molecule has 2 heterocycles. The molecule has 28 heavy (non-hydrogen) atoms. The second-order valence-electron chi connectivity index (χ2n) is 7.05. The number of benzene rings is 1. The van der Waals surface area contributed by atoms with Gasteiger partial charge in [-0.25, -0.2) is 9.97 Å². The zero-order valence-corrected chi connectivity index (χ0v) is 15.4. The minimum atomic E-state index is -0.892. The van der Waals surface area contributed by atoms with Crippen LogP contribution in [0.1, 0.15) is 28.9 Å². The summed E-state index contributed by atoms with van der Waals surface area (Å²) in [7, 11) is 1.72. The lowest BCUT2D eigenvalue weighted by atomic mass is 10.1. The molecule has 0 radical (unpaired) electrons. The molecular weight excluding hydrogens is 360 g/mol. The van der Waals surface area contributed by atoms with Crippen molar-refractivity contribution in [3.63, 3.8) is 0 Å². The first-order chi connectivity index (χ1) is 13.5. The second-order valence-corrected chi connectivity index (χ2v) is 7.05. The summed E-state index contributed by atoms with van der Waals surface area (Å²) < 4.78 is 0. The monoisotopic (exact) mass is 382 g/mol. The number of aliphatic hydroxyl groups excluding tert-OH is 2. The Bertz CT molecular complexity index is 976. The van der Waals surface area contributed by atoms with Crippen molar-refractivity contribution in [1.82, 2.24) is 25.1 Å². The molecule has 1 fully saturated rings. The molecule has 1 amide bonds. The SMILES string of the molecule is CN(Cc1ccccc1)C(=O)c1[nH]nc2ncnc(N[C@@H]3CC[C@@H](O)[C@H]3O)c12. The molecule has 0 bridgehead atoms. The standard InChI is InChI=1S/C19H22N6O3/c1-25(9-11-5-3-2-4-6-11)19(28)15-14-17(20-10-21-18(14)24-23-15)22-12-7-8-13(26)16(12)27/h2-6,10,12-13,16,26-27H,7-9H2,1H3,(H2,20,21,22,23,24)/t12-,13-,16+/m1/s1. The summed E-state index contributed by atoms with van der Waals surface area (Å²) in [5, 5.41) is 30.4. The fourth-order valence-electron chi connectivity index (χ4n) is 3.53. The summed E-state index contributed by atoms with van der Waals surface area (Å²) in [5.74, 6) is 0.171. The van der Waals surface area contributed by atoms with Crippen molar-refractivity contribution in [1.29, 1.82) is 0 Å². The van der Waals surface area contributed by atoms with E-state index >= 15 is 0 Å². The third kappa shape index (κ3) is 3.41. The van der Waals surface area contributed by atoms with Crippen LogP contribution in [0.5, 0.6) is 0 Å². The van der Waals surface area contributed by atoms with Crippen molar-refractivity contribution in [2.75, 3.05) is 12.4 Å². The number of aromatic amines is 1. The number of carbonyl (C=O) groups is 1. The Kier molecular flexibility index (Phi) is 4.93. The number of hydrogen-bond acceptors (Lipinski definition) is 7. The number of hydrogen-bond donors (Lipinski definition) is 4. The van der Waals surface area contributed by atoms with Crippen LogP contribution in [0.3, 0.4) is 0 Å². The van der Waals surface area contributed by atoms with Gasteiger partial charge in [0.15, 0.2) is 5.65 Å². The van der Waals surface area contributed by atoms with Gasteiger partial charge >= 0.3 is 0 Å². The third-order valence-corrected chi connectivity index (χ3v) is 5.08. The van der Waals surface area contributed by atoms with Crippen LogP contribution in [0.15, 0.2) is 36.7 Å². The highest BCUT2D eigenvalue weighted by Crippen LogP contribution is 2.28. The van der Waals surface area contributed by atoms with Crippen LogP contribution in [0.4, 0.5) is 5.82 Å². The fraction of sp³-hybridized carbons (Fsp3) is 0.368. The van der Waals surface area contributed by atoms with Gasteiger partial charge in [-0.3, -0.25) is 9.89 Å². The second kappa shape index (κ2) is 7.53. The van der Waals surface area contributed by atoms with E-state index in [4.69, 9.17) is 0 Å². The predicted molar refractivity (Wildman–Crippen MR) is 103 cm³/mol. The highest BCUT2D eigenvalue weighted by atomic mass is 16.3. The van der Waals surface area contributed by atoms with Gasteiger partial charge in [-0.15, -0.1) is 0 Å². The van der Waals surface area contributed by atoms with Crippen LogP contribution in [0.2, 0.25) is 0 Å². The van der Waals surface area contributed by atoms with E-state index in [1.54, 1.807) is 11.9 Å². The number of fused-ring (bicyclic) bond motifs is 1. The molecule has 9 nitrogen and oxygen atoms in total. The summed E-state index contributed by atoms with van der Waals surface area (Å²) in [5.41, 5.74) is 1.66. The molecule has 1 aromatic carbocycles. The van der Waals surface area contributed by atoms with Crippen LogP contribution < -0.4 is 5.32 Å². The first-order valence-corrected chi connectivity index (χ1v) is 9.15. The summed E-state index contributed by atoms with van der Waals surface area (Å²) >= 11 is 0. The average molecular weight is 382 g/mol. The Morgan fingerprint density at radius 1 is 1.25 bits per heavy atom. The smallest absolute Gasteiger partial charge is 0.272 e. The Morgan fingerprint density at radius 3 is 2.75 bits per heavy atom. The predicted octanol–water partition coefficient (Wildman–Crippen LogP) is 0.921. The van der Waals surface area contributed by atoms with E-state index < -0.39 is 12.2 Å². The number of rotatable bonds is 5. The van der Waals surface area contributed by atoms with Gasteiger partial charge in [-0.1, -0.05) is 30.3 Å². The minimum Gasteiger partial charge on any atom is -0.390 e. The van der Waals surface area contributed by atoms with Gasteiger partial charge in [0.25, 0.3) is 5.91 Å². The molecule has 146 valence electrons. The Balaban J connectivity index is 1.61. The van der Waals surface area contributed by atoms with Crippen molar-refractivity contribution >= 4 is 22.8 Å². The molecule has 4 N–H and O–H groups in total. The molecule has 1 aliphatic carbocycles. The third-order valence-electron chi connectivity index (χ3n) is 5.08. The van der Waals surface area contributed by atoms with E-state index in [-0.39, 0.29) is 17.6 Å². The summed E-state index contributed by atoms with van der Waals surface area (Å²) in [6.07, 6.45) is 0.798. The number of aliphatic hydroxyl groups is 2. The van der Waals surface area contributed by atoms with Crippen LogP contribution >= 0.6 is 0 Å².